The molecule has 0 bridgehead atoms. The van der Waals surface area contributed by atoms with Gasteiger partial charge in [0.05, 0.1) is 0 Å². The molecule has 0 aliphatic heterocycles. The first-order valence-corrected chi connectivity index (χ1v) is 17.4. The van der Waals surface area contributed by atoms with E-state index in [1.54, 1.807) is 3.28 Å². The van der Waals surface area contributed by atoms with Crippen LogP contribution in [0.5, 0.6) is 0 Å². The molecule has 175 valence electrons. The molecular formula is C32H29Cl2Zr. The number of fused-ring (bicyclic) bond motifs is 3. The molecule has 0 amide bonds. The van der Waals surface area contributed by atoms with Gasteiger partial charge in [0.1, 0.15) is 0 Å². The van der Waals surface area contributed by atoms with Crippen LogP contribution in [-0.4, -0.2) is 4.21 Å². The Balaban J connectivity index is 0.00000144. The molecule has 4 aromatic rings. The summed E-state index contributed by atoms with van der Waals surface area (Å²) in [6.45, 7) is 2.15. The molecule has 3 heteroatoms. The summed E-state index contributed by atoms with van der Waals surface area (Å²) in [5.41, 5.74) is 9.67. The molecule has 1 unspecified atom stereocenters. The van der Waals surface area contributed by atoms with Crippen LogP contribution in [0, 0.1) is 6.92 Å². The van der Waals surface area contributed by atoms with Crippen molar-refractivity contribution in [3.63, 3.8) is 0 Å². The Kier molecular flexibility index (Phi) is 7.63. The Labute approximate surface area is 225 Å². The van der Waals surface area contributed by atoms with Gasteiger partial charge in [-0.1, -0.05) is 0 Å². The second-order valence-electron chi connectivity index (χ2n) is 9.31. The molecule has 0 spiro atoms. The number of benzene rings is 4. The number of hydrogen-bond acceptors (Lipinski definition) is 0. The zero-order chi connectivity index (χ0) is 22.4. The topological polar surface area (TPSA) is 0 Å². The maximum absolute atomic E-state index is 5.31. The Hall–Kier alpha value is -2.31. The molecule has 0 saturated heterocycles. The summed E-state index contributed by atoms with van der Waals surface area (Å²) < 4.78 is 8.76. The van der Waals surface area contributed by atoms with E-state index in [1.165, 1.54) is 42.2 Å². The quantitative estimate of drug-likeness (QED) is 0.230. The predicted octanol–water partition coefficient (Wildman–Crippen LogP) is 8.33. The minimum absolute atomic E-state index is 0. The van der Waals surface area contributed by atoms with Crippen LogP contribution >= 0.6 is 24.8 Å². The minimum atomic E-state index is -3.49. The van der Waals surface area contributed by atoms with E-state index in [9.17, 15) is 0 Å². The molecule has 35 heavy (non-hydrogen) atoms. The predicted molar refractivity (Wildman–Crippen MR) is 153 cm³/mol. The fourth-order valence-electron chi connectivity index (χ4n) is 5.84. The van der Waals surface area contributed by atoms with Crippen molar-refractivity contribution in [3.8, 4) is 22.3 Å². The third-order valence-electron chi connectivity index (χ3n) is 7.44. The van der Waals surface area contributed by atoms with Gasteiger partial charge in [0.15, 0.2) is 0 Å². The van der Waals surface area contributed by atoms with E-state index in [0.29, 0.717) is 3.63 Å². The van der Waals surface area contributed by atoms with Crippen molar-refractivity contribution in [2.75, 3.05) is 0 Å². The van der Waals surface area contributed by atoms with Crippen LogP contribution in [-0.2, 0) is 19.8 Å². The van der Waals surface area contributed by atoms with E-state index in [0.717, 1.165) is 6.42 Å². The Morgan fingerprint density at radius 3 is 1.80 bits per heavy atom. The SMILES string of the molecule is Cl.Cl.[CH2]=[Zr]([C]1=CC=CC1)([c]1ccccc1-c1ccc(C)cc1)[CH]1c2ccccc2-c2ccccc21. The summed E-state index contributed by atoms with van der Waals surface area (Å²) in [4.78, 5) is 0. The first kappa shape index (κ1) is 25.8. The monoisotopic (exact) mass is 573 g/mol. The summed E-state index contributed by atoms with van der Waals surface area (Å²) >= 11 is -3.49. The molecule has 0 N–H and O–H groups in total. The molecule has 4 aromatic carbocycles. The van der Waals surface area contributed by atoms with E-state index in [-0.39, 0.29) is 24.8 Å². The standard InChI is InChI=1S/C13H9.C13H11.C5H5.CH2.2ClH.Zr/c1-3-7-12-10(5-1)9-11-6-2-4-8-13(11)12;1-11-7-9-13(10-8-11)12-5-3-2-4-6-12;1-2-4-5-3-1;;;;/h1-9H;2-5,7-10H,1H3;1-3H,4H2;1H2;2*1H;. The second-order valence-corrected chi connectivity index (χ2v) is 18.4. The molecule has 0 heterocycles. The zero-order valence-electron chi connectivity index (χ0n) is 19.8. The Bertz CT molecular complexity index is 1430. The number of aryl methyl sites for hydroxylation is 1. The average Bonchev–Trinajstić information content (AvgIpc) is 3.52. The van der Waals surface area contributed by atoms with Crippen LogP contribution in [0.3, 0.4) is 0 Å². The summed E-state index contributed by atoms with van der Waals surface area (Å²) in [6.07, 6.45) is 7.97. The molecule has 2 aliphatic carbocycles. The fourth-order valence-corrected chi connectivity index (χ4v) is 17.1. The van der Waals surface area contributed by atoms with Gasteiger partial charge in [0.2, 0.25) is 0 Å². The van der Waals surface area contributed by atoms with Crippen molar-refractivity contribution in [1.82, 2.24) is 0 Å². The van der Waals surface area contributed by atoms with E-state index in [2.05, 4.69) is 122 Å². The zero-order valence-corrected chi connectivity index (χ0v) is 23.9. The molecule has 2 aliphatic rings. The molecular weight excluding hydrogens is 546 g/mol. The first-order chi connectivity index (χ1) is 16.2. The average molecular weight is 576 g/mol. The fraction of sp³-hybridized carbons (Fsp3) is 0.0938. The normalized spacial score (nSPS) is 15.3. The van der Waals surface area contributed by atoms with Crippen molar-refractivity contribution >= 4 is 32.3 Å². The van der Waals surface area contributed by atoms with Crippen LogP contribution in [0.2, 0.25) is 0 Å². The van der Waals surface area contributed by atoms with Crippen molar-refractivity contribution in [2.45, 2.75) is 17.0 Å². The molecule has 6 rings (SSSR count). The molecule has 0 nitrogen and oxygen atoms in total. The van der Waals surface area contributed by atoms with Crippen molar-refractivity contribution in [1.29, 1.82) is 0 Å². The third-order valence-corrected chi connectivity index (χ3v) is 18.6. The van der Waals surface area contributed by atoms with Gasteiger partial charge in [0.25, 0.3) is 0 Å². The van der Waals surface area contributed by atoms with Crippen molar-refractivity contribution in [2.24, 2.45) is 0 Å². The number of allylic oxidation sites excluding steroid dienone is 4. The van der Waals surface area contributed by atoms with Gasteiger partial charge in [-0.25, -0.2) is 0 Å². The Morgan fingerprint density at radius 2 is 1.23 bits per heavy atom. The molecule has 0 aromatic heterocycles. The van der Waals surface area contributed by atoms with E-state index in [1.807, 2.05) is 0 Å². The third kappa shape index (κ3) is 4.19. The molecule has 0 fully saturated rings. The van der Waals surface area contributed by atoms with Gasteiger partial charge in [0, 0.05) is 0 Å². The summed E-state index contributed by atoms with van der Waals surface area (Å²) in [6, 6.07) is 36.2. The maximum atomic E-state index is 5.31. The van der Waals surface area contributed by atoms with E-state index >= 15 is 0 Å². The van der Waals surface area contributed by atoms with Gasteiger partial charge in [-0.3, -0.25) is 0 Å². The van der Waals surface area contributed by atoms with Gasteiger partial charge in [-0.15, -0.1) is 24.8 Å². The second kappa shape index (κ2) is 10.4. The molecule has 0 saturated carbocycles. The van der Waals surface area contributed by atoms with Gasteiger partial charge < -0.3 is 0 Å². The van der Waals surface area contributed by atoms with Crippen LogP contribution in [0.25, 0.3) is 22.3 Å². The van der Waals surface area contributed by atoms with Crippen molar-refractivity contribution in [3.05, 3.63) is 135 Å². The Morgan fingerprint density at radius 1 is 0.686 bits per heavy atom. The van der Waals surface area contributed by atoms with E-state index < -0.39 is 19.8 Å². The van der Waals surface area contributed by atoms with Gasteiger partial charge >= 0.3 is 202 Å². The van der Waals surface area contributed by atoms with Gasteiger partial charge in [-0.05, 0) is 0 Å². The van der Waals surface area contributed by atoms with Crippen LogP contribution in [0.1, 0.15) is 26.7 Å². The number of rotatable bonds is 4. The van der Waals surface area contributed by atoms with Gasteiger partial charge in [-0.2, -0.15) is 0 Å². The van der Waals surface area contributed by atoms with Crippen molar-refractivity contribution < 1.29 is 19.8 Å². The molecule has 1 atom stereocenters. The number of halogens is 2. The van der Waals surface area contributed by atoms with E-state index in [4.69, 9.17) is 4.21 Å². The summed E-state index contributed by atoms with van der Waals surface area (Å²) in [7, 11) is 0. The molecule has 0 radical (unpaired) electrons. The van der Waals surface area contributed by atoms with Crippen LogP contribution in [0.15, 0.2) is 119 Å². The number of hydrogen-bond donors (Lipinski definition) is 0. The summed E-state index contributed by atoms with van der Waals surface area (Å²) in [5.74, 6) is 0. The first-order valence-electron chi connectivity index (χ1n) is 11.7. The van der Waals surface area contributed by atoms with Crippen LogP contribution in [0.4, 0.5) is 0 Å². The summed E-state index contributed by atoms with van der Waals surface area (Å²) in [5, 5.41) is 0. The van der Waals surface area contributed by atoms with Crippen LogP contribution < -0.4 is 3.27 Å².